The van der Waals surface area contributed by atoms with Crippen molar-refractivity contribution >= 4 is 11.9 Å². The first-order chi connectivity index (χ1) is 5.29. The Morgan fingerprint density at radius 3 is 1.00 bits per heavy atom. The molecular weight excluding hydrogens is 233 g/mol. The third-order valence-electron chi connectivity index (χ3n) is 0.471. The van der Waals surface area contributed by atoms with Crippen LogP contribution in [0.5, 0.6) is 0 Å². The first-order valence-electron chi connectivity index (χ1n) is 2.47. The Morgan fingerprint density at radius 2 is 1.00 bits per heavy atom. The number of carbonyl (C=O) groups excluding carboxylic acids is 2. The number of carboxylic acid groups (broad SMARTS) is 2. The molecule has 0 saturated heterocycles. The van der Waals surface area contributed by atoms with Crippen molar-refractivity contribution in [2.24, 2.45) is 0 Å². The van der Waals surface area contributed by atoms with Crippen molar-refractivity contribution in [3.05, 3.63) is 24.7 Å². The van der Waals surface area contributed by atoms with Gasteiger partial charge in [0.1, 0.15) is 23.5 Å². The van der Waals surface area contributed by atoms with Crippen LogP contribution in [0.4, 0.5) is 0 Å². The Hall–Kier alpha value is -1.36. The fourth-order valence-corrected chi connectivity index (χ4v) is 0. The number of carboxylic acids is 2. The first-order valence-corrected chi connectivity index (χ1v) is 2.47. The number of carbonyl (C=O) groups is 2. The molecule has 0 atom stereocenters. The van der Waals surface area contributed by atoms with Crippen LogP contribution in [0.15, 0.2) is 24.7 Å². The molecule has 0 heterocycles. The van der Waals surface area contributed by atoms with Crippen LogP contribution in [0.3, 0.4) is 0 Å². The van der Waals surface area contributed by atoms with E-state index in [1.807, 2.05) is 0 Å². The van der Waals surface area contributed by atoms with Crippen LogP contribution in [0.2, 0.25) is 0 Å². The molecule has 2 N–H and O–H groups in total. The van der Waals surface area contributed by atoms with Gasteiger partial charge in [-0.25, -0.2) is 0 Å². The van der Waals surface area contributed by atoms with Gasteiger partial charge >= 0.3 is 19.5 Å². The Morgan fingerprint density at radius 1 is 0.923 bits per heavy atom. The number of hydrogen-bond donors (Lipinski definition) is 2. The fourth-order valence-electron chi connectivity index (χ4n) is 0. The van der Waals surface area contributed by atoms with Gasteiger partial charge in [0.25, 0.3) is 0 Å². The van der Waals surface area contributed by atoms with Gasteiger partial charge in [-0.05, 0) is 0 Å². The van der Waals surface area contributed by atoms with E-state index in [-0.39, 0.29) is 19.5 Å². The zero-order valence-electron chi connectivity index (χ0n) is 6.65. The van der Waals surface area contributed by atoms with Crippen LogP contribution >= 0.6 is 0 Å². The summed E-state index contributed by atoms with van der Waals surface area (Å²) in [4.78, 5) is 18.5. The maximum Gasteiger partial charge on any atom is 2.00 e. The molecule has 0 rings (SSSR count). The Balaban J connectivity index is -0.000000143. The normalized spacial score (nSPS) is 6.77. The smallest absolute Gasteiger partial charge is 0.542 e. The van der Waals surface area contributed by atoms with Crippen LogP contribution in [0, 0.1) is 0 Å². The van der Waals surface area contributed by atoms with Crippen LogP contribution in [-0.4, -0.2) is 22.2 Å². The maximum absolute atomic E-state index is 9.24. The standard InChI is InChI=1S/2C3H4O3.Zn/c2*1-2(4)3(5)6;/h2*4H,1H2,(H,5,6);/q;;+2/p-2. The van der Waals surface area contributed by atoms with Crippen molar-refractivity contribution in [3.63, 3.8) is 0 Å². The van der Waals surface area contributed by atoms with E-state index < -0.39 is 23.5 Å². The second-order valence-corrected chi connectivity index (χ2v) is 1.47. The van der Waals surface area contributed by atoms with E-state index in [0.717, 1.165) is 0 Å². The fraction of sp³-hybridized carbons (Fsp3) is 0. The van der Waals surface area contributed by atoms with Gasteiger partial charge in [0, 0.05) is 0 Å². The minimum absolute atomic E-state index is 0. The Bertz CT molecular complexity index is 173. The summed E-state index contributed by atoms with van der Waals surface area (Å²) in [6.07, 6.45) is 0. The first kappa shape index (κ1) is 17.7. The Labute approximate surface area is 86.6 Å². The molecule has 0 saturated carbocycles. The molecule has 0 unspecified atom stereocenters. The van der Waals surface area contributed by atoms with E-state index >= 15 is 0 Å². The van der Waals surface area contributed by atoms with Crippen molar-refractivity contribution in [1.82, 2.24) is 0 Å². The summed E-state index contributed by atoms with van der Waals surface area (Å²) in [7, 11) is 0. The van der Waals surface area contributed by atoms with Gasteiger partial charge in [0.2, 0.25) is 0 Å². The van der Waals surface area contributed by atoms with Gasteiger partial charge in [-0.2, -0.15) is 0 Å². The molecule has 0 bridgehead atoms. The van der Waals surface area contributed by atoms with Crippen LogP contribution in [0.25, 0.3) is 0 Å². The average Bonchev–Trinajstić information content (AvgIpc) is 1.88. The molecule has 13 heavy (non-hydrogen) atoms. The molecule has 0 aliphatic carbocycles. The molecule has 0 aromatic carbocycles. The topological polar surface area (TPSA) is 121 Å². The summed E-state index contributed by atoms with van der Waals surface area (Å²) in [6, 6.07) is 0. The van der Waals surface area contributed by atoms with E-state index in [0.29, 0.717) is 0 Å². The van der Waals surface area contributed by atoms with Crippen LogP contribution in [0.1, 0.15) is 0 Å². The van der Waals surface area contributed by atoms with Gasteiger partial charge in [-0.15, -0.1) is 0 Å². The van der Waals surface area contributed by atoms with E-state index in [1.165, 1.54) is 0 Å². The van der Waals surface area contributed by atoms with E-state index in [2.05, 4.69) is 13.2 Å². The van der Waals surface area contributed by atoms with Crippen molar-refractivity contribution in [3.8, 4) is 0 Å². The number of aliphatic hydroxyl groups excluding tert-OH is 2. The minimum Gasteiger partial charge on any atom is -0.542 e. The number of aliphatic carboxylic acids is 2. The molecule has 0 amide bonds. The third-order valence-corrected chi connectivity index (χ3v) is 0.471. The molecule has 7 heteroatoms. The van der Waals surface area contributed by atoms with Crippen LogP contribution < -0.4 is 10.2 Å². The van der Waals surface area contributed by atoms with Crippen LogP contribution in [-0.2, 0) is 29.1 Å². The molecule has 0 aromatic rings. The van der Waals surface area contributed by atoms with Gasteiger partial charge < -0.3 is 30.0 Å². The van der Waals surface area contributed by atoms with Crippen molar-refractivity contribution in [2.75, 3.05) is 0 Å². The van der Waals surface area contributed by atoms with Gasteiger partial charge in [-0.3, -0.25) is 0 Å². The van der Waals surface area contributed by atoms with E-state index in [9.17, 15) is 19.8 Å². The SMILES string of the molecule is C=C(O)C(=O)[O-].C=C(O)C(=O)[O-].[Zn+2]. The summed E-state index contributed by atoms with van der Waals surface area (Å²) in [5, 5.41) is 34.0. The molecule has 0 aromatic heterocycles. The molecule has 6 nitrogen and oxygen atoms in total. The number of rotatable bonds is 2. The molecule has 0 aliphatic heterocycles. The molecule has 68 valence electrons. The average molecular weight is 239 g/mol. The van der Waals surface area contributed by atoms with Crippen molar-refractivity contribution in [2.45, 2.75) is 0 Å². The monoisotopic (exact) mass is 238 g/mol. The summed E-state index contributed by atoms with van der Waals surface area (Å²) in [5.41, 5.74) is 0. The minimum atomic E-state index is -1.63. The number of aliphatic hydroxyl groups is 2. The maximum atomic E-state index is 9.24. The van der Waals surface area contributed by atoms with Gasteiger partial charge in [0.05, 0.1) is 0 Å². The van der Waals surface area contributed by atoms with Gasteiger partial charge in [0.15, 0.2) is 0 Å². The number of hydrogen-bond acceptors (Lipinski definition) is 6. The summed E-state index contributed by atoms with van der Waals surface area (Å²) >= 11 is 0. The zero-order chi connectivity index (χ0) is 10.3. The third kappa shape index (κ3) is 18.0. The molecule has 0 fully saturated rings. The van der Waals surface area contributed by atoms with Gasteiger partial charge in [-0.1, -0.05) is 13.2 Å². The second kappa shape index (κ2) is 8.74. The molecule has 0 aliphatic rings. The molecule has 0 spiro atoms. The largest absolute Gasteiger partial charge is 2.00 e. The molecule has 0 radical (unpaired) electrons. The summed E-state index contributed by atoms with van der Waals surface area (Å²) in [6.45, 7) is 5.30. The predicted octanol–water partition coefficient (Wildman–Crippen LogP) is -2.39. The van der Waals surface area contributed by atoms with Crippen molar-refractivity contribution < 1.29 is 49.5 Å². The molecular formula is C6H6O6Zn. The zero-order valence-corrected chi connectivity index (χ0v) is 9.62. The summed E-state index contributed by atoms with van der Waals surface area (Å²) < 4.78 is 0. The summed E-state index contributed by atoms with van der Waals surface area (Å²) in [5.74, 6) is -5.13. The Kier molecular flexibility index (Phi) is 11.9. The quantitative estimate of drug-likeness (QED) is 0.315. The van der Waals surface area contributed by atoms with E-state index in [4.69, 9.17) is 10.2 Å². The predicted molar refractivity (Wildman–Crippen MR) is 33.6 cm³/mol. The van der Waals surface area contributed by atoms with E-state index in [1.54, 1.807) is 0 Å². The van der Waals surface area contributed by atoms with Crippen molar-refractivity contribution in [1.29, 1.82) is 0 Å². The second-order valence-electron chi connectivity index (χ2n) is 1.47.